The molecule has 0 aromatic heterocycles. The van der Waals surface area contributed by atoms with Crippen molar-refractivity contribution < 1.29 is 14.3 Å². The maximum absolute atomic E-state index is 12.2. The van der Waals surface area contributed by atoms with Crippen LogP contribution >= 0.6 is 0 Å². The molecule has 27 heavy (non-hydrogen) atoms. The molecule has 2 amide bonds. The van der Waals surface area contributed by atoms with Gasteiger partial charge in [-0.2, -0.15) is 0 Å². The van der Waals surface area contributed by atoms with E-state index >= 15 is 0 Å². The van der Waals surface area contributed by atoms with Crippen molar-refractivity contribution in [2.75, 3.05) is 12.4 Å². The van der Waals surface area contributed by atoms with Crippen LogP contribution in [0.2, 0.25) is 0 Å². The average molecular weight is 368 g/mol. The lowest BCUT2D eigenvalue weighted by Gasteiger charge is -2.22. The number of hydrogen-bond donors (Lipinski definition) is 2. The lowest BCUT2D eigenvalue weighted by Crippen LogP contribution is -2.39. The van der Waals surface area contributed by atoms with Crippen molar-refractivity contribution >= 4 is 11.7 Å². The van der Waals surface area contributed by atoms with Gasteiger partial charge in [0, 0.05) is 11.7 Å². The first-order valence-corrected chi connectivity index (χ1v) is 9.60. The first-order chi connectivity index (χ1) is 13.2. The van der Waals surface area contributed by atoms with Crippen LogP contribution in [0.15, 0.2) is 48.5 Å². The van der Waals surface area contributed by atoms with Crippen molar-refractivity contribution in [3.63, 3.8) is 0 Å². The van der Waals surface area contributed by atoms with E-state index in [1.807, 2.05) is 48.5 Å². The Balaban J connectivity index is 1.45. The van der Waals surface area contributed by atoms with Crippen LogP contribution < -0.4 is 15.4 Å². The van der Waals surface area contributed by atoms with Crippen LogP contribution in [0.4, 0.5) is 10.5 Å². The van der Waals surface area contributed by atoms with Crippen LogP contribution in [0.3, 0.4) is 0 Å². The number of anilines is 1. The molecule has 0 aliphatic heterocycles. The van der Waals surface area contributed by atoms with E-state index in [2.05, 4.69) is 10.6 Å². The van der Waals surface area contributed by atoms with Crippen molar-refractivity contribution in [1.29, 1.82) is 0 Å². The Labute approximate surface area is 161 Å². The highest BCUT2D eigenvalue weighted by atomic mass is 16.5. The maximum Gasteiger partial charge on any atom is 0.319 e. The number of amides is 2. The molecule has 1 saturated carbocycles. The van der Waals surface area contributed by atoms with Crippen LogP contribution in [0.25, 0.3) is 0 Å². The molecule has 2 aromatic rings. The molecule has 5 nitrogen and oxygen atoms in total. The zero-order chi connectivity index (χ0) is 18.9. The number of benzene rings is 2. The monoisotopic (exact) mass is 368 g/mol. The first kappa shape index (κ1) is 19.2. The van der Waals surface area contributed by atoms with Crippen LogP contribution in [-0.4, -0.2) is 19.2 Å². The number of hydrogen-bond acceptors (Lipinski definition) is 3. The number of ether oxygens (including phenoxy) is 2. The molecule has 1 fully saturated rings. The summed E-state index contributed by atoms with van der Waals surface area (Å²) in [6.07, 6.45) is 5.83. The predicted molar refractivity (Wildman–Crippen MR) is 107 cm³/mol. The van der Waals surface area contributed by atoms with Gasteiger partial charge in [-0.05, 0) is 48.2 Å². The molecular weight excluding hydrogens is 340 g/mol. The Morgan fingerprint density at radius 3 is 2.48 bits per heavy atom. The number of carbonyl (C=O) groups excluding carboxylic acids is 1. The van der Waals surface area contributed by atoms with E-state index in [0.29, 0.717) is 19.3 Å². The smallest absolute Gasteiger partial charge is 0.319 e. The standard InChI is InChI=1S/C22H28N2O3/c1-26-21-12-10-17(11-13-21)15-27-16-18-6-5-9-20(14-18)24-22(25)23-19-7-3-2-4-8-19/h5-6,9-14,19H,2-4,7-8,15-16H2,1H3,(H2,23,24,25). The van der Waals surface area contributed by atoms with E-state index in [1.165, 1.54) is 19.3 Å². The third kappa shape index (κ3) is 6.29. The minimum absolute atomic E-state index is 0.127. The van der Waals surface area contributed by atoms with Gasteiger partial charge in [0.05, 0.1) is 20.3 Å². The summed E-state index contributed by atoms with van der Waals surface area (Å²) < 4.78 is 10.9. The number of nitrogens with one attached hydrogen (secondary N) is 2. The fourth-order valence-electron chi connectivity index (χ4n) is 3.35. The molecule has 144 valence electrons. The lowest BCUT2D eigenvalue weighted by molar-refractivity contribution is 0.107. The Kier molecular flexibility index (Phi) is 7.11. The van der Waals surface area contributed by atoms with Crippen LogP contribution in [0.5, 0.6) is 5.75 Å². The average Bonchev–Trinajstić information content (AvgIpc) is 2.69. The van der Waals surface area contributed by atoms with Crippen LogP contribution in [0.1, 0.15) is 43.2 Å². The molecule has 3 rings (SSSR count). The van der Waals surface area contributed by atoms with E-state index in [4.69, 9.17) is 9.47 Å². The molecule has 0 heterocycles. The molecule has 5 heteroatoms. The van der Waals surface area contributed by atoms with E-state index in [0.717, 1.165) is 35.4 Å². The highest BCUT2D eigenvalue weighted by Gasteiger charge is 2.15. The predicted octanol–water partition coefficient (Wildman–Crippen LogP) is 4.87. The fourth-order valence-corrected chi connectivity index (χ4v) is 3.35. The minimum Gasteiger partial charge on any atom is -0.497 e. The van der Waals surface area contributed by atoms with Crippen LogP contribution in [-0.2, 0) is 18.0 Å². The summed E-state index contributed by atoms with van der Waals surface area (Å²) >= 11 is 0. The second-order valence-corrected chi connectivity index (χ2v) is 6.97. The molecule has 0 spiro atoms. The third-order valence-electron chi connectivity index (χ3n) is 4.82. The number of rotatable bonds is 7. The zero-order valence-electron chi connectivity index (χ0n) is 15.9. The maximum atomic E-state index is 12.2. The normalized spacial score (nSPS) is 14.6. The molecule has 2 N–H and O–H groups in total. The summed E-state index contributed by atoms with van der Waals surface area (Å²) in [4.78, 5) is 12.2. The molecular formula is C22H28N2O3. The van der Waals surface area contributed by atoms with Gasteiger partial charge >= 0.3 is 6.03 Å². The molecule has 0 radical (unpaired) electrons. The SMILES string of the molecule is COc1ccc(COCc2cccc(NC(=O)NC3CCCCC3)c2)cc1. The molecule has 1 aliphatic carbocycles. The van der Waals surface area contributed by atoms with Crippen molar-refractivity contribution in [1.82, 2.24) is 5.32 Å². The Bertz CT molecular complexity index is 725. The molecule has 0 unspecified atom stereocenters. The molecule has 0 bridgehead atoms. The Hall–Kier alpha value is -2.53. The molecule has 2 aromatic carbocycles. The number of methoxy groups -OCH3 is 1. The van der Waals surface area contributed by atoms with Gasteiger partial charge in [-0.25, -0.2) is 4.79 Å². The van der Waals surface area contributed by atoms with Crippen molar-refractivity contribution in [2.45, 2.75) is 51.4 Å². The van der Waals surface area contributed by atoms with Crippen LogP contribution in [0, 0.1) is 0 Å². The fraction of sp³-hybridized carbons (Fsp3) is 0.409. The van der Waals surface area contributed by atoms with Crippen molar-refractivity contribution in [3.05, 3.63) is 59.7 Å². The highest BCUT2D eigenvalue weighted by molar-refractivity contribution is 5.89. The van der Waals surface area contributed by atoms with E-state index in [-0.39, 0.29) is 6.03 Å². The Morgan fingerprint density at radius 2 is 1.74 bits per heavy atom. The van der Waals surface area contributed by atoms with Gasteiger partial charge in [0.2, 0.25) is 0 Å². The van der Waals surface area contributed by atoms with Gasteiger partial charge in [0.25, 0.3) is 0 Å². The van der Waals surface area contributed by atoms with E-state index in [1.54, 1.807) is 7.11 Å². The summed E-state index contributed by atoms with van der Waals surface area (Å²) in [5.41, 5.74) is 2.91. The molecule has 0 atom stereocenters. The summed E-state index contributed by atoms with van der Waals surface area (Å²) in [5, 5.41) is 6.00. The third-order valence-corrected chi connectivity index (χ3v) is 4.82. The van der Waals surface area contributed by atoms with Gasteiger partial charge < -0.3 is 20.1 Å². The van der Waals surface area contributed by atoms with Gasteiger partial charge in [-0.15, -0.1) is 0 Å². The second kappa shape index (κ2) is 9.97. The van der Waals surface area contributed by atoms with E-state index in [9.17, 15) is 4.79 Å². The zero-order valence-corrected chi connectivity index (χ0v) is 15.9. The van der Waals surface area contributed by atoms with Crippen molar-refractivity contribution in [2.24, 2.45) is 0 Å². The van der Waals surface area contributed by atoms with Gasteiger partial charge in [-0.3, -0.25) is 0 Å². The largest absolute Gasteiger partial charge is 0.497 e. The second-order valence-electron chi connectivity index (χ2n) is 6.97. The van der Waals surface area contributed by atoms with Gasteiger partial charge in [-0.1, -0.05) is 43.5 Å². The molecule has 1 aliphatic rings. The number of urea groups is 1. The lowest BCUT2D eigenvalue weighted by atomic mass is 9.96. The Morgan fingerprint density at radius 1 is 1.00 bits per heavy atom. The van der Waals surface area contributed by atoms with Gasteiger partial charge in [0.1, 0.15) is 5.75 Å². The quantitative estimate of drug-likeness (QED) is 0.733. The first-order valence-electron chi connectivity index (χ1n) is 9.60. The summed E-state index contributed by atoms with van der Waals surface area (Å²) in [6, 6.07) is 15.8. The summed E-state index contributed by atoms with van der Waals surface area (Å²) in [6.45, 7) is 1.02. The molecule has 0 saturated heterocycles. The summed E-state index contributed by atoms with van der Waals surface area (Å²) in [7, 11) is 1.65. The van der Waals surface area contributed by atoms with Gasteiger partial charge in [0.15, 0.2) is 0 Å². The van der Waals surface area contributed by atoms with Crippen molar-refractivity contribution in [3.8, 4) is 5.75 Å². The highest BCUT2D eigenvalue weighted by Crippen LogP contribution is 2.18. The topological polar surface area (TPSA) is 59.6 Å². The minimum atomic E-state index is -0.127. The van der Waals surface area contributed by atoms with E-state index < -0.39 is 0 Å². The summed E-state index contributed by atoms with van der Waals surface area (Å²) in [5.74, 6) is 0.837. The number of carbonyl (C=O) groups is 1.